The van der Waals surface area contributed by atoms with Crippen LogP contribution in [0.4, 0.5) is 5.82 Å². The van der Waals surface area contributed by atoms with E-state index in [0.29, 0.717) is 11.3 Å². The Kier molecular flexibility index (Phi) is 1.71. The lowest BCUT2D eigenvalue weighted by molar-refractivity contribution is 0.543. The Bertz CT molecular complexity index is 533. The summed E-state index contributed by atoms with van der Waals surface area (Å²) < 4.78 is 2.21. The maximum Gasteiger partial charge on any atom is 0.225 e. The second-order valence-corrected chi connectivity index (χ2v) is 4.34. The quantitative estimate of drug-likeness (QED) is 0.641. The molecule has 1 aliphatic heterocycles. The van der Waals surface area contributed by atoms with Crippen molar-refractivity contribution in [3.05, 3.63) is 17.5 Å². The van der Waals surface area contributed by atoms with Crippen molar-refractivity contribution in [3.8, 4) is 0 Å². The summed E-state index contributed by atoms with van der Waals surface area (Å²) in [5.41, 5.74) is 2.00. The molecule has 3 rings (SSSR count). The third-order valence-electron chi connectivity index (χ3n) is 2.89. The summed E-state index contributed by atoms with van der Waals surface area (Å²) in [6, 6.07) is 2.44. The number of hydrogen-bond acceptors (Lipinski definition) is 3. The molecule has 0 N–H and O–H groups in total. The van der Waals surface area contributed by atoms with Crippen LogP contribution in [0.15, 0.2) is 12.3 Å². The number of nitrogens with zero attached hydrogens (tertiary/aromatic N) is 4. The van der Waals surface area contributed by atoms with Crippen LogP contribution >= 0.6 is 11.6 Å². The Labute approximate surface area is 92.5 Å². The van der Waals surface area contributed by atoms with E-state index in [0.717, 1.165) is 23.4 Å². The molecule has 15 heavy (non-hydrogen) atoms. The molecule has 0 aliphatic carbocycles. The van der Waals surface area contributed by atoms with E-state index < -0.39 is 0 Å². The molecule has 1 atom stereocenters. The van der Waals surface area contributed by atoms with Crippen LogP contribution in [0.3, 0.4) is 0 Å². The molecule has 0 saturated carbocycles. The number of aromatic nitrogens is 3. The Balaban J connectivity index is 2.43. The fourth-order valence-corrected chi connectivity index (χ4v) is 2.40. The van der Waals surface area contributed by atoms with Crippen molar-refractivity contribution in [1.82, 2.24) is 14.5 Å². The summed E-state index contributed by atoms with van der Waals surface area (Å²) in [4.78, 5) is 10.6. The summed E-state index contributed by atoms with van der Waals surface area (Å²) in [6.07, 6.45) is 2.05. The summed E-state index contributed by atoms with van der Waals surface area (Å²) in [7, 11) is 2.03. The summed E-state index contributed by atoms with van der Waals surface area (Å²) in [6.45, 7) is 3.14. The van der Waals surface area contributed by atoms with Crippen molar-refractivity contribution in [1.29, 1.82) is 0 Å². The van der Waals surface area contributed by atoms with Crippen molar-refractivity contribution in [2.45, 2.75) is 13.0 Å². The van der Waals surface area contributed by atoms with Gasteiger partial charge in [-0.2, -0.15) is 4.98 Å². The van der Waals surface area contributed by atoms with E-state index in [4.69, 9.17) is 11.6 Å². The van der Waals surface area contributed by atoms with Gasteiger partial charge in [-0.1, -0.05) is 0 Å². The van der Waals surface area contributed by atoms with Gasteiger partial charge in [0.25, 0.3) is 0 Å². The Morgan fingerprint density at radius 3 is 3.07 bits per heavy atom. The molecule has 2 aromatic heterocycles. The van der Waals surface area contributed by atoms with Crippen LogP contribution in [0.25, 0.3) is 11.0 Å². The van der Waals surface area contributed by atoms with Crippen molar-refractivity contribution in [3.63, 3.8) is 0 Å². The molecule has 0 fully saturated rings. The Hall–Kier alpha value is -1.29. The van der Waals surface area contributed by atoms with Crippen molar-refractivity contribution in [2.75, 3.05) is 18.5 Å². The predicted molar refractivity (Wildman–Crippen MR) is 60.5 cm³/mol. The van der Waals surface area contributed by atoms with Gasteiger partial charge in [0.15, 0.2) is 5.82 Å². The molecular weight excluding hydrogens is 212 g/mol. The summed E-state index contributed by atoms with van der Waals surface area (Å²) in [5, 5.41) is 0.316. The van der Waals surface area contributed by atoms with Crippen LogP contribution in [0.2, 0.25) is 5.28 Å². The van der Waals surface area contributed by atoms with Crippen LogP contribution in [-0.2, 0) is 0 Å². The highest BCUT2D eigenvalue weighted by molar-refractivity contribution is 6.28. The fraction of sp³-hybridized carbons (Fsp3) is 0.400. The second-order valence-electron chi connectivity index (χ2n) is 4.00. The molecule has 0 radical (unpaired) electrons. The van der Waals surface area contributed by atoms with E-state index >= 15 is 0 Å². The van der Waals surface area contributed by atoms with Gasteiger partial charge in [0, 0.05) is 25.8 Å². The Morgan fingerprint density at radius 2 is 2.27 bits per heavy atom. The van der Waals surface area contributed by atoms with Crippen LogP contribution in [0, 0.1) is 0 Å². The lowest BCUT2D eigenvalue weighted by atomic mass is 10.2. The zero-order chi connectivity index (χ0) is 10.6. The number of hydrogen-bond donors (Lipinski definition) is 0. The van der Waals surface area contributed by atoms with Crippen LogP contribution in [0.1, 0.15) is 13.0 Å². The zero-order valence-electron chi connectivity index (χ0n) is 8.61. The van der Waals surface area contributed by atoms with Gasteiger partial charge in [-0.15, -0.1) is 0 Å². The molecule has 0 bridgehead atoms. The van der Waals surface area contributed by atoms with Crippen molar-refractivity contribution >= 4 is 28.5 Å². The van der Waals surface area contributed by atoms with Crippen LogP contribution in [0.5, 0.6) is 0 Å². The third kappa shape index (κ3) is 1.14. The number of rotatable bonds is 0. The highest BCUT2D eigenvalue weighted by atomic mass is 35.5. The molecule has 0 amide bonds. The summed E-state index contributed by atoms with van der Waals surface area (Å²) in [5.74, 6) is 0.924. The second kappa shape index (κ2) is 2.85. The average molecular weight is 223 g/mol. The van der Waals surface area contributed by atoms with Gasteiger partial charge in [0.2, 0.25) is 5.28 Å². The monoisotopic (exact) mass is 222 g/mol. The summed E-state index contributed by atoms with van der Waals surface area (Å²) >= 11 is 5.88. The SMILES string of the molecule is C[C@@H]1CN(C)c2nc(Cl)nc3ccn1c23. The molecular formula is C10H11ClN4. The van der Waals surface area contributed by atoms with Gasteiger partial charge in [-0.05, 0) is 24.6 Å². The van der Waals surface area contributed by atoms with Crippen LogP contribution < -0.4 is 4.90 Å². The van der Waals surface area contributed by atoms with Gasteiger partial charge < -0.3 is 9.47 Å². The molecule has 0 spiro atoms. The third-order valence-corrected chi connectivity index (χ3v) is 3.06. The first-order valence-corrected chi connectivity index (χ1v) is 5.30. The largest absolute Gasteiger partial charge is 0.356 e. The molecule has 0 saturated heterocycles. The minimum absolute atomic E-state index is 0.316. The molecule has 2 aromatic rings. The Morgan fingerprint density at radius 1 is 1.47 bits per heavy atom. The van der Waals surface area contributed by atoms with Gasteiger partial charge in [0.1, 0.15) is 5.52 Å². The number of anilines is 1. The highest BCUT2D eigenvalue weighted by Crippen LogP contribution is 2.32. The smallest absolute Gasteiger partial charge is 0.225 e. The molecule has 0 unspecified atom stereocenters. The maximum absolute atomic E-state index is 5.88. The lowest BCUT2D eigenvalue weighted by Gasteiger charge is -2.30. The van der Waals surface area contributed by atoms with Crippen molar-refractivity contribution in [2.24, 2.45) is 0 Å². The minimum atomic E-state index is 0.316. The molecule has 4 nitrogen and oxygen atoms in total. The minimum Gasteiger partial charge on any atom is -0.356 e. The first-order chi connectivity index (χ1) is 7.16. The molecule has 0 aromatic carbocycles. The van der Waals surface area contributed by atoms with Gasteiger partial charge in [-0.3, -0.25) is 0 Å². The average Bonchev–Trinajstić information content (AvgIpc) is 2.58. The van der Waals surface area contributed by atoms with E-state index in [2.05, 4.69) is 32.6 Å². The van der Waals surface area contributed by atoms with Crippen LogP contribution in [-0.4, -0.2) is 28.1 Å². The van der Waals surface area contributed by atoms with E-state index in [9.17, 15) is 0 Å². The predicted octanol–water partition coefficient (Wildman–Crippen LogP) is 2.10. The molecule has 5 heteroatoms. The van der Waals surface area contributed by atoms with Gasteiger partial charge in [0.05, 0.1) is 5.52 Å². The maximum atomic E-state index is 5.88. The van der Waals surface area contributed by atoms with Gasteiger partial charge >= 0.3 is 0 Å². The fourth-order valence-electron chi connectivity index (χ4n) is 2.23. The highest BCUT2D eigenvalue weighted by Gasteiger charge is 2.23. The topological polar surface area (TPSA) is 34.0 Å². The standard InChI is InChI=1S/C10H11ClN4/c1-6-5-14(2)9-8-7(3-4-15(6)8)12-10(11)13-9/h3-4,6H,5H2,1-2H3/t6-/m1/s1. The van der Waals surface area contributed by atoms with Gasteiger partial charge in [-0.25, -0.2) is 4.98 Å². The van der Waals surface area contributed by atoms with E-state index in [1.807, 2.05) is 13.1 Å². The van der Waals surface area contributed by atoms with Crippen molar-refractivity contribution < 1.29 is 0 Å². The molecule has 3 heterocycles. The number of likely N-dealkylation sites (N-methyl/N-ethyl adjacent to an activating group) is 1. The normalized spacial score (nSPS) is 19.9. The first kappa shape index (κ1) is 8.97. The zero-order valence-corrected chi connectivity index (χ0v) is 9.36. The first-order valence-electron chi connectivity index (χ1n) is 4.92. The van der Waals surface area contributed by atoms with E-state index in [-0.39, 0.29) is 0 Å². The number of halogens is 1. The lowest BCUT2D eigenvalue weighted by Crippen LogP contribution is -2.31. The van der Waals surface area contributed by atoms with E-state index in [1.165, 1.54) is 0 Å². The molecule has 1 aliphatic rings. The molecule has 78 valence electrons. The van der Waals surface area contributed by atoms with E-state index in [1.54, 1.807) is 0 Å².